The molecule has 0 spiro atoms. The summed E-state index contributed by atoms with van der Waals surface area (Å²) in [7, 11) is 0. The standard InChI is InChI=1S/C14H20O4/c1-8(2)14(16)18-13-6-10-4-11(13)5-12(10)7-17-9(3)15/h10-13H,1,4-7H2,2-3H3/t10?,11-,12?,13?/m0/s1. The lowest BCUT2D eigenvalue weighted by atomic mass is 9.88. The highest BCUT2D eigenvalue weighted by atomic mass is 16.5. The molecule has 100 valence electrons. The van der Waals surface area contributed by atoms with Gasteiger partial charge in [-0.3, -0.25) is 4.79 Å². The van der Waals surface area contributed by atoms with Crippen LogP contribution in [0.25, 0.3) is 0 Å². The average Bonchev–Trinajstić information content (AvgIpc) is 2.85. The molecule has 0 aliphatic heterocycles. The van der Waals surface area contributed by atoms with Gasteiger partial charge in [0.1, 0.15) is 6.10 Å². The molecule has 4 nitrogen and oxygen atoms in total. The van der Waals surface area contributed by atoms with E-state index >= 15 is 0 Å². The summed E-state index contributed by atoms with van der Waals surface area (Å²) < 4.78 is 10.5. The molecule has 2 rings (SSSR count). The summed E-state index contributed by atoms with van der Waals surface area (Å²) in [5.74, 6) is 0.891. The molecule has 4 heteroatoms. The van der Waals surface area contributed by atoms with Crippen LogP contribution in [0.1, 0.15) is 33.1 Å². The molecular weight excluding hydrogens is 232 g/mol. The Kier molecular flexibility index (Phi) is 3.73. The maximum absolute atomic E-state index is 11.5. The third-order valence-electron chi connectivity index (χ3n) is 4.05. The zero-order chi connectivity index (χ0) is 13.3. The first-order valence-electron chi connectivity index (χ1n) is 6.47. The van der Waals surface area contributed by atoms with Crippen LogP contribution in [-0.4, -0.2) is 24.6 Å². The highest BCUT2D eigenvalue weighted by Gasteiger charge is 2.47. The number of ether oxygens (including phenoxy) is 2. The number of carbonyl (C=O) groups is 2. The molecule has 2 fully saturated rings. The lowest BCUT2D eigenvalue weighted by Crippen LogP contribution is -2.29. The van der Waals surface area contributed by atoms with Gasteiger partial charge in [0.05, 0.1) is 6.61 Å². The van der Waals surface area contributed by atoms with Gasteiger partial charge in [0, 0.05) is 12.5 Å². The van der Waals surface area contributed by atoms with Crippen LogP contribution in [0.2, 0.25) is 0 Å². The van der Waals surface area contributed by atoms with Crippen molar-refractivity contribution in [2.24, 2.45) is 17.8 Å². The second kappa shape index (κ2) is 5.12. The van der Waals surface area contributed by atoms with E-state index in [-0.39, 0.29) is 18.0 Å². The summed E-state index contributed by atoms with van der Waals surface area (Å²) in [6.45, 7) is 7.20. The van der Waals surface area contributed by atoms with E-state index in [4.69, 9.17) is 9.47 Å². The van der Waals surface area contributed by atoms with Crippen molar-refractivity contribution < 1.29 is 19.1 Å². The topological polar surface area (TPSA) is 52.6 Å². The van der Waals surface area contributed by atoms with Crippen LogP contribution in [0.5, 0.6) is 0 Å². The molecule has 0 aromatic carbocycles. The number of fused-ring (bicyclic) bond motifs is 2. The van der Waals surface area contributed by atoms with Gasteiger partial charge in [-0.1, -0.05) is 6.58 Å². The maximum atomic E-state index is 11.5. The maximum Gasteiger partial charge on any atom is 0.333 e. The van der Waals surface area contributed by atoms with Crippen molar-refractivity contribution in [2.75, 3.05) is 6.61 Å². The molecule has 2 aliphatic carbocycles. The number of esters is 2. The highest BCUT2D eigenvalue weighted by Crippen LogP contribution is 2.49. The molecule has 2 saturated carbocycles. The van der Waals surface area contributed by atoms with Gasteiger partial charge in [-0.15, -0.1) is 0 Å². The van der Waals surface area contributed by atoms with E-state index in [2.05, 4.69) is 6.58 Å². The zero-order valence-corrected chi connectivity index (χ0v) is 11.0. The Hall–Kier alpha value is -1.32. The Morgan fingerprint density at radius 3 is 2.39 bits per heavy atom. The Balaban J connectivity index is 1.82. The normalized spacial score (nSPS) is 33.2. The van der Waals surface area contributed by atoms with E-state index in [0.717, 1.165) is 19.3 Å². The Bertz CT molecular complexity index is 374. The summed E-state index contributed by atoms with van der Waals surface area (Å²) in [6.07, 6.45) is 3.01. The molecule has 0 heterocycles. The van der Waals surface area contributed by atoms with Gasteiger partial charge in [-0.2, -0.15) is 0 Å². The van der Waals surface area contributed by atoms with Crippen LogP contribution in [0.4, 0.5) is 0 Å². The molecule has 0 N–H and O–H groups in total. The fraction of sp³-hybridized carbons (Fsp3) is 0.714. The minimum Gasteiger partial charge on any atom is -0.466 e. The molecule has 0 amide bonds. The average molecular weight is 252 g/mol. The summed E-state index contributed by atoms with van der Waals surface area (Å²) >= 11 is 0. The molecule has 0 radical (unpaired) electrons. The second-order valence-corrected chi connectivity index (χ2v) is 5.51. The van der Waals surface area contributed by atoms with Crippen molar-refractivity contribution in [1.82, 2.24) is 0 Å². The van der Waals surface area contributed by atoms with E-state index in [1.807, 2.05) is 0 Å². The van der Waals surface area contributed by atoms with Crippen molar-refractivity contribution in [2.45, 2.75) is 39.2 Å². The van der Waals surface area contributed by atoms with Crippen LogP contribution in [0.15, 0.2) is 12.2 Å². The van der Waals surface area contributed by atoms with Crippen molar-refractivity contribution in [3.05, 3.63) is 12.2 Å². The van der Waals surface area contributed by atoms with Crippen molar-refractivity contribution >= 4 is 11.9 Å². The van der Waals surface area contributed by atoms with E-state index < -0.39 is 0 Å². The van der Waals surface area contributed by atoms with E-state index in [9.17, 15) is 9.59 Å². The minimum atomic E-state index is -0.288. The summed E-state index contributed by atoms with van der Waals surface area (Å²) in [4.78, 5) is 22.3. The molecule has 0 aromatic rings. The summed E-state index contributed by atoms with van der Waals surface area (Å²) in [6, 6.07) is 0. The van der Waals surface area contributed by atoms with E-state index in [1.54, 1.807) is 6.92 Å². The molecule has 0 aromatic heterocycles. The Morgan fingerprint density at radius 1 is 1.17 bits per heavy atom. The SMILES string of the molecule is C=C(C)C(=O)OC1CC2C[C@H]1CC2COC(C)=O. The van der Waals surface area contributed by atoms with Gasteiger partial charge in [0.15, 0.2) is 0 Å². The highest BCUT2D eigenvalue weighted by molar-refractivity contribution is 5.87. The Labute approximate surface area is 107 Å². The fourth-order valence-electron chi connectivity index (χ4n) is 3.15. The molecule has 2 aliphatic rings. The van der Waals surface area contributed by atoms with Crippen molar-refractivity contribution in [3.63, 3.8) is 0 Å². The number of hydrogen-bond acceptors (Lipinski definition) is 4. The number of rotatable bonds is 4. The molecule has 3 unspecified atom stereocenters. The van der Waals surface area contributed by atoms with E-state index in [0.29, 0.717) is 29.9 Å². The van der Waals surface area contributed by atoms with Crippen LogP contribution >= 0.6 is 0 Å². The lowest BCUT2D eigenvalue weighted by Gasteiger charge is -2.27. The predicted molar refractivity (Wildman–Crippen MR) is 65.6 cm³/mol. The zero-order valence-electron chi connectivity index (χ0n) is 11.0. The van der Waals surface area contributed by atoms with Crippen LogP contribution < -0.4 is 0 Å². The quantitative estimate of drug-likeness (QED) is 0.568. The first kappa shape index (κ1) is 13.1. The smallest absolute Gasteiger partial charge is 0.333 e. The van der Waals surface area contributed by atoms with Gasteiger partial charge in [-0.05, 0) is 43.9 Å². The second-order valence-electron chi connectivity index (χ2n) is 5.51. The van der Waals surface area contributed by atoms with Gasteiger partial charge in [0.25, 0.3) is 0 Å². The van der Waals surface area contributed by atoms with E-state index in [1.165, 1.54) is 6.92 Å². The molecule has 18 heavy (non-hydrogen) atoms. The van der Waals surface area contributed by atoms with Crippen LogP contribution in [-0.2, 0) is 19.1 Å². The Morgan fingerprint density at radius 2 is 1.89 bits per heavy atom. The first-order valence-corrected chi connectivity index (χ1v) is 6.47. The fourth-order valence-corrected chi connectivity index (χ4v) is 3.15. The van der Waals surface area contributed by atoms with Gasteiger partial charge in [-0.25, -0.2) is 4.79 Å². The summed E-state index contributed by atoms with van der Waals surface area (Å²) in [5, 5.41) is 0. The van der Waals surface area contributed by atoms with Crippen molar-refractivity contribution in [1.29, 1.82) is 0 Å². The summed E-state index contributed by atoms with van der Waals surface area (Å²) in [5.41, 5.74) is 0.453. The largest absolute Gasteiger partial charge is 0.466 e. The first-order chi connectivity index (χ1) is 8.47. The molecule has 0 saturated heterocycles. The predicted octanol–water partition coefficient (Wildman–Crippen LogP) is 2.08. The third-order valence-corrected chi connectivity index (χ3v) is 4.05. The van der Waals surface area contributed by atoms with Gasteiger partial charge >= 0.3 is 11.9 Å². The van der Waals surface area contributed by atoms with Gasteiger partial charge < -0.3 is 9.47 Å². The number of carbonyl (C=O) groups excluding carboxylic acids is 2. The molecule has 2 bridgehead atoms. The van der Waals surface area contributed by atoms with Crippen molar-refractivity contribution in [3.8, 4) is 0 Å². The van der Waals surface area contributed by atoms with Crippen LogP contribution in [0.3, 0.4) is 0 Å². The molecule has 4 atom stereocenters. The van der Waals surface area contributed by atoms with Crippen LogP contribution in [0, 0.1) is 17.8 Å². The monoisotopic (exact) mass is 252 g/mol. The third kappa shape index (κ3) is 2.74. The number of hydrogen-bond donors (Lipinski definition) is 0. The minimum absolute atomic E-state index is 0.0350. The van der Waals surface area contributed by atoms with Gasteiger partial charge in [0.2, 0.25) is 0 Å². The lowest BCUT2D eigenvalue weighted by molar-refractivity contribution is -0.147. The molecular formula is C14H20O4.